The minimum Gasteiger partial charge on any atom is -0.491 e. The molecular weight excluding hydrogens is 400 g/mol. The van der Waals surface area contributed by atoms with E-state index in [1.807, 2.05) is 18.2 Å². The Bertz CT molecular complexity index is 1080. The van der Waals surface area contributed by atoms with Crippen molar-refractivity contribution in [1.29, 1.82) is 0 Å². The molecule has 0 fully saturated rings. The van der Waals surface area contributed by atoms with E-state index in [0.717, 1.165) is 50.3 Å². The van der Waals surface area contributed by atoms with Crippen LogP contribution in [0, 0.1) is 13.8 Å². The molecule has 0 atom stereocenters. The van der Waals surface area contributed by atoms with Gasteiger partial charge in [0.25, 0.3) is 0 Å². The minimum atomic E-state index is 0.590. The van der Waals surface area contributed by atoms with Gasteiger partial charge in [-0.25, -0.2) is 4.98 Å². The van der Waals surface area contributed by atoms with Crippen LogP contribution in [0.1, 0.15) is 11.1 Å². The van der Waals surface area contributed by atoms with Crippen LogP contribution in [0.5, 0.6) is 5.75 Å². The summed E-state index contributed by atoms with van der Waals surface area (Å²) in [7, 11) is 0. The first-order chi connectivity index (χ1) is 13.1. The van der Waals surface area contributed by atoms with Gasteiger partial charge >= 0.3 is 0 Å². The summed E-state index contributed by atoms with van der Waals surface area (Å²) in [6.45, 7) is 5.49. The van der Waals surface area contributed by atoms with Gasteiger partial charge in [-0.1, -0.05) is 58.4 Å². The fraction of sp³-hybridized carbons (Fsp3) is 0.174. The number of aromatic nitrogens is 2. The molecular formula is C23H21BrN2O. The summed E-state index contributed by atoms with van der Waals surface area (Å²) in [6.07, 6.45) is 0. The van der Waals surface area contributed by atoms with Crippen molar-refractivity contribution in [3.05, 3.63) is 82.3 Å². The van der Waals surface area contributed by atoms with E-state index in [-0.39, 0.29) is 0 Å². The average Bonchev–Trinajstić information content (AvgIpc) is 3.03. The predicted octanol–water partition coefficient (Wildman–Crippen LogP) is 6.16. The SMILES string of the molecule is Cc1cccc(C)c1OCCn1c(-c2cccc(Br)c2)nc2ccccc21. The lowest BCUT2D eigenvalue weighted by molar-refractivity contribution is 0.297. The second-order valence-corrected chi connectivity index (χ2v) is 7.57. The number of benzene rings is 3. The Hall–Kier alpha value is -2.59. The topological polar surface area (TPSA) is 27.1 Å². The van der Waals surface area contributed by atoms with Crippen molar-refractivity contribution in [3.8, 4) is 17.1 Å². The van der Waals surface area contributed by atoms with E-state index in [1.54, 1.807) is 0 Å². The summed E-state index contributed by atoms with van der Waals surface area (Å²) in [5.41, 5.74) is 5.54. The third kappa shape index (κ3) is 3.62. The molecule has 0 radical (unpaired) electrons. The third-order valence-electron chi connectivity index (χ3n) is 4.71. The second-order valence-electron chi connectivity index (χ2n) is 6.66. The van der Waals surface area contributed by atoms with Crippen molar-refractivity contribution in [3.63, 3.8) is 0 Å². The number of imidazole rings is 1. The smallest absolute Gasteiger partial charge is 0.141 e. The second kappa shape index (κ2) is 7.57. The molecule has 0 unspecified atom stereocenters. The van der Waals surface area contributed by atoms with E-state index in [1.165, 1.54) is 0 Å². The summed E-state index contributed by atoms with van der Waals surface area (Å²) >= 11 is 3.57. The maximum atomic E-state index is 6.15. The number of nitrogens with zero attached hydrogens (tertiary/aromatic N) is 2. The summed E-state index contributed by atoms with van der Waals surface area (Å²) in [5, 5.41) is 0. The van der Waals surface area contributed by atoms with Gasteiger partial charge in [0.15, 0.2) is 0 Å². The zero-order chi connectivity index (χ0) is 18.8. The monoisotopic (exact) mass is 420 g/mol. The highest BCUT2D eigenvalue weighted by atomic mass is 79.9. The summed E-state index contributed by atoms with van der Waals surface area (Å²) < 4.78 is 9.43. The molecule has 1 heterocycles. The van der Waals surface area contributed by atoms with Crippen LogP contribution in [0.15, 0.2) is 71.2 Å². The molecule has 27 heavy (non-hydrogen) atoms. The molecule has 136 valence electrons. The number of ether oxygens (including phenoxy) is 1. The third-order valence-corrected chi connectivity index (χ3v) is 5.20. The molecule has 0 aliphatic carbocycles. The van der Waals surface area contributed by atoms with Gasteiger partial charge in [0.05, 0.1) is 17.6 Å². The Morgan fingerprint density at radius 3 is 2.44 bits per heavy atom. The first kappa shape index (κ1) is 17.8. The number of halogens is 1. The fourth-order valence-corrected chi connectivity index (χ4v) is 3.81. The van der Waals surface area contributed by atoms with Gasteiger partial charge in [0.1, 0.15) is 18.2 Å². The first-order valence-electron chi connectivity index (χ1n) is 9.04. The lowest BCUT2D eigenvalue weighted by Crippen LogP contribution is -2.10. The van der Waals surface area contributed by atoms with Gasteiger partial charge in [-0.2, -0.15) is 0 Å². The Balaban J connectivity index is 1.67. The number of hydrogen-bond donors (Lipinski definition) is 0. The minimum absolute atomic E-state index is 0.590. The molecule has 4 rings (SSSR count). The molecule has 3 aromatic carbocycles. The average molecular weight is 421 g/mol. The molecule has 4 aromatic rings. The molecule has 3 nitrogen and oxygen atoms in total. The molecule has 0 spiro atoms. The molecule has 0 aliphatic rings. The van der Waals surface area contributed by atoms with Crippen LogP contribution in [0.25, 0.3) is 22.4 Å². The van der Waals surface area contributed by atoms with Gasteiger partial charge in [0.2, 0.25) is 0 Å². The van der Waals surface area contributed by atoms with Crippen molar-refractivity contribution in [2.24, 2.45) is 0 Å². The largest absolute Gasteiger partial charge is 0.491 e. The first-order valence-corrected chi connectivity index (χ1v) is 9.83. The predicted molar refractivity (Wildman–Crippen MR) is 114 cm³/mol. The maximum absolute atomic E-state index is 6.15. The van der Waals surface area contributed by atoms with E-state index in [0.29, 0.717) is 6.61 Å². The Kier molecular flexibility index (Phi) is 4.99. The Morgan fingerprint density at radius 2 is 1.67 bits per heavy atom. The summed E-state index contributed by atoms with van der Waals surface area (Å²) in [5.74, 6) is 1.94. The highest BCUT2D eigenvalue weighted by molar-refractivity contribution is 9.10. The van der Waals surface area contributed by atoms with Crippen LogP contribution < -0.4 is 4.74 Å². The molecule has 1 aromatic heterocycles. The van der Waals surface area contributed by atoms with Gasteiger partial charge in [-0.3, -0.25) is 0 Å². The lowest BCUT2D eigenvalue weighted by atomic mass is 10.1. The van der Waals surface area contributed by atoms with Crippen LogP contribution in [-0.4, -0.2) is 16.2 Å². The maximum Gasteiger partial charge on any atom is 0.141 e. The Morgan fingerprint density at radius 1 is 0.926 bits per heavy atom. The number of rotatable bonds is 5. The summed E-state index contributed by atoms with van der Waals surface area (Å²) in [4.78, 5) is 4.87. The van der Waals surface area contributed by atoms with Gasteiger partial charge in [-0.15, -0.1) is 0 Å². The van der Waals surface area contributed by atoms with E-state index in [4.69, 9.17) is 9.72 Å². The normalized spacial score (nSPS) is 11.1. The highest BCUT2D eigenvalue weighted by Crippen LogP contribution is 2.27. The van der Waals surface area contributed by atoms with E-state index in [2.05, 4.69) is 82.9 Å². The van der Waals surface area contributed by atoms with Crippen LogP contribution in [-0.2, 0) is 6.54 Å². The molecule has 0 bridgehead atoms. The zero-order valence-electron chi connectivity index (χ0n) is 15.4. The number of para-hydroxylation sites is 3. The lowest BCUT2D eigenvalue weighted by Gasteiger charge is -2.14. The van der Waals surface area contributed by atoms with Crippen LogP contribution in [0.2, 0.25) is 0 Å². The zero-order valence-corrected chi connectivity index (χ0v) is 17.0. The van der Waals surface area contributed by atoms with Crippen LogP contribution in [0.4, 0.5) is 0 Å². The van der Waals surface area contributed by atoms with Crippen molar-refractivity contribution in [1.82, 2.24) is 9.55 Å². The number of aryl methyl sites for hydroxylation is 2. The van der Waals surface area contributed by atoms with Crippen molar-refractivity contribution in [2.45, 2.75) is 20.4 Å². The molecule has 0 N–H and O–H groups in total. The van der Waals surface area contributed by atoms with E-state index < -0.39 is 0 Å². The number of hydrogen-bond acceptors (Lipinski definition) is 2. The van der Waals surface area contributed by atoms with E-state index in [9.17, 15) is 0 Å². The fourth-order valence-electron chi connectivity index (χ4n) is 3.42. The quantitative estimate of drug-likeness (QED) is 0.386. The number of fused-ring (bicyclic) bond motifs is 1. The van der Waals surface area contributed by atoms with Crippen LogP contribution >= 0.6 is 15.9 Å². The summed E-state index contributed by atoms with van der Waals surface area (Å²) in [6, 6.07) is 22.7. The van der Waals surface area contributed by atoms with Gasteiger partial charge in [-0.05, 0) is 49.2 Å². The molecule has 0 saturated carbocycles. The molecule has 4 heteroatoms. The van der Waals surface area contributed by atoms with Crippen LogP contribution in [0.3, 0.4) is 0 Å². The molecule has 0 aliphatic heterocycles. The highest BCUT2D eigenvalue weighted by Gasteiger charge is 2.13. The van der Waals surface area contributed by atoms with Gasteiger partial charge in [0, 0.05) is 10.0 Å². The molecule has 0 amide bonds. The van der Waals surface area contributed by atoms with Crippen molar-refractivity contribution >= 4 is 27.0 Å². The van der Waals surface area contributed by atoms with E-state index >= 15 is 0 Å². The van der Waals surface area contributed by atoms with Crippen molar-refractivity contribution < 1.29 is 4.74 Å². The standard InChI is InChI=1S/C23H21BrN2O/c1-16-7-5-8-17(2)22(16)27-14-13-26-21-12-4-3-11-20(21)25-23(26)18-9-6-10-19(24)15-18/h3-12,15H,13-14H2,1-2H3. The Labute approximate surface area is 167 Å². The van der Waals surface area contributed by atoms with Gasteiger partial charge < -0.3 is 9.30 Å². The molecule has 0 saturated heterocycles. The van der Waals surface area contributed by atoms with Crippen molar-refractivity contribution in [2.75, 3.05) is 6.61 Å².